The first kappa shape index (κ1) is 14.7. The number of para-hydroxylation sites is 2. The van der Waals surface area contributed by atoms with Crippen molar-refractivity contribution in [1.82, 2.24) is 0 Å². The van der Waals surface area contributed by atoms with Gasteiger partial charge in [0.15, 0.2) is 0 Å². The average molecular weight is 289 g/mol. The quantitative estimate of drug-likeness (QED) is 0.814. The fourth-order valence-electron chi connectivity index (χ4n) is 3.75. The number of anilines is 1. The highest BCUT2D eigenvalue weighted by atomic mass is 16.5. The lowest BCUT2D eigenvalue weighted by Crippen LogP contribution is -2.64. The van der Waals surface area contributed by atoms with E-state index in [9.17, 15) is 0 Å². The predicted molar refractivity (Wildman–Crippen MR) is 86.0 cm³/mol. The van der Waals surface area contributed by atoms with Gasteiger partial charge in [-0.1, -0.05) is 25.5 Å². The molecule has 0 heterocycles. The molecule has 1 aromatic carbocycles. The summed E-state index contributed by atoms with van der Waals surface area (Å²) in [7, 11) is 0. The molecule has 3 heteroatoms. The van der Waals surface area contributed by atoms with Gasteiger partial charge >= 0.3 is 0 Å². The van der Waals surface area contributed by atoms with Crippen LogP contribution in [0.4, 0.5) is 5.69 Å². The second-order valence-electron chi connectivity index (χ2n) is 6.31. The molecular weight excluding hydrogens is 262 g/mol. The monoisotopic (exact) mass is 289 g/mol. The summed E-state index contributed by atoms with van der Waals surface area (Å²) >= 11 is 0. The van der Waals surface area contributed by atoms with Crippen LogP contribution in [0.3, 0.4) is 0 Å². The summed E-state index contributed by atoms with van der Waals surface area (Å²) in [6, 6.07) is 8.84. The maximum Gasteiger partial charge on any atom is 0.142 e. The minimum Gasteiger partial charge on any atom is -0.491 e. The van der Waals surface area contributed by atoms with Gasteiger partial charge in [0, 0.05) is 18.1 Å². The molecule has 1 N–H and O–H groups in total. The van der Waals surface area contributed by atoms with Gasteiger partial charge in [-0.3, -0.25) is 0 Å². The molecule has 116 valence electrons. The molecule has 2 unspecified atom stereocenters. The summed E-state index contributed by atoms with van der Waals surface area (Å²) in [6.45, 7) is 5.84. The zero-order valence-electron chi connectivity index (χ0n) is 13.2. The largest absolute Gasteiger partial charge is 0.491 e. The highest BCUT2D eigenvalue weighted by Crippen LogP contribution is 2.58. The van der Waals surface area contributed by atoms with Gasteiger partial charge in [0.1, 0.15) is 5.75 Å². The third kappa shape index (κ3) is 2.64. The molecule has 2 fully saturated rings. The Morgan fingerprint density at radius 3 is 2.71 bits per heavy atom. The van der Waals surface area contributed by atoms with Crippen LogP contribution in [0.15, 0.2) is 24.3 Å². The first-order valence-corrected chi connectivity index (χ1v) is 8.40. The van der Waals surface area contributed by atoms with Gasteiger partial charge in [-0.15, -0.1) is 0 Å². The molecule has 0 saturated heterocycles. The Hall–Kier alpha value is -1.22. The molecule has 2 atom stereocenters. The fraction of sp³-hybridized carbons (Fsp3) is 0.667. The molecule has 3 rings (SSSR count). The topological polar surface area (TPSA) is 30.5 Å². The van der Waals surface area contributed by atoms with Gasteiger partial charge in [0.25, 0.3) is 0 Å². The Bertz CT molecular complexity index is 470. The van der Waals surface area contributed by atoms with Crippen LogP contribution in [0.2, 0.25) is 0 Å². The zero-order chi connectivity index (χ0) is 14.7. The van der Waals surface area contributed by atoms with Crippen LogP contribution in [0.25, 0.3) is 0 Å². The van der Waals surface area contributed by atoms with Crippen LogP contribution in [0.1, 0.15) is 46.0 Å². The van der Waals surface area contributed by atoms with E-state index in [1.165, 1.54) is 19.3 Å². The first-order valence-electron chi connectivity index (χ1n) is 8.40. The summed E-state index contributed by atoms with van der Waals surface area (Å²) in [5.41, 5.74) is 1.52. The maximum absolute atomic E-state index is 5.93. The van der Waals surface area contributed by atoms with E-state index in [1.54, 1.807) is 0 Å². The molecule has 0 aliphatic heterocycles. The van der Waals surface area contributed by atoms with Crippen molar-refractivity contribution in [3.63, 3.8) is 0 Å². The van der Waals surface area contributed by atoms with Crippen molar-refractivity contribution in [2.45, 2.75) is 58.1 Å². The summed E-state index contributed by atoms with van der Waals surface area (Å²) in [5.74, 6) is 0.980. The van der Waals surface area contributed by atoms with E-state index in [0.717, 1.165) is 37.5 Å². The summed E-state index contributed by atoms with van der Waals surface area (Å²) in [6.07, 6.45) is 6.55. The Balaban J connectivity index is 1.67. The lowest BCUT2D eigenvalue weighted by atomic mass is 9.51. The van der Waals surface area contributed by atoms with Gasteiger partial charge in [0.2, 0.25) is 0 Å². The molecule has 1 aromatic rings. The zero-order valence-corrected chi connectivity index (χ0v) is 13.2. The lowest BCUT2D eigenvalue weighted by molar-refractivity contribution is -0.157. The summed E-state index contributed by atoms with van der Waals surface area (Å²) in [5, 5.41) is 3.73. The van der Waals surface area contributed by atoms with E-state index in [0.29, 0.717) is 17.6 Å². The second-order valence-corrected chi connectivity index (χ2v) is 6.31. The Morgan fingerprint density at radius 2 is 2.05 bits per heavy atom. The molecule has 0 amide bonds. The van der Waals surface area contributed by atoms with E-state index < -0.39 is 0 Å². The minimum atomic E-state index is 0.383. The summed E-state index contributed by atoms with van der Waals surface area (Å²) < 4.78 is 11.8. The van der Waals surface area contributed by atoms with Gasteiger partial charge < -0.3 is 14.8 Å². The van der Waals surface area contributed by atoms with Gasteiger partial charge in [-0.2, -0.15) is 0 Å². The van der Waals surface area contributed by atoms with Crippen molar-refractivity contribution in [3.05, 3.63) is 24.3 Å². The van der Waals surface area contributed by atoms with Crippen molar-refractivity contribution >= 4 is 5.69 Å². The number of rotatable bonds is 7. The molecule has 0 aromatic heterocycles. The van der Waals surface area contributed by atoms with E-state index >= 15 is 0 Å². The van der Waals surface area contributed by atoms with Crippen LogP contribution in [-0.4, -0.2) is 25.4 Å². The fourth-order valence-corrected chi connectivity index (χ4v) is 3.75. The van der Waals surface area contributed by atoms with E-state index in [1.807, 2.05) is 6.07 Å². The Morgan fingerprint density at radius 1 is 1.24 bits per heavy atom. The third-order valence-electron chi connectivity index (χ3n) is 5.12. The standard InChI is InChI=1S/C18H27NO2/c1-3-12-21-15-9-6-5-8-14(15)19-16-13-17(20-4-2)18(16)10-7-11-18/h5-6,8-9,16-17,19H,3-4,7,10-13H2,1-2H3. The molecule has 0 radical (unpaired) electrons. The normalized spacial score (nSPS) is 26.0. The molecule has 2 saturated carbocycles. The number of hydrogen-bond donors (Lipinski definition) is 1. The van der Waals surface area contributed by atoms with Crippen molar-refractivity contribution in [2.24, 2.45) is 5.41 Å². The SMILES string of the molecule is CCCOc1ccccc1NC1CC(OCC)C12CCC2. The van der Waals surface area contributed by atoms with Gasteiger partial charge in [-0.05, 0) is 44.7 Å². The van der Waals surface area contributed by atoms with Crippen LogP contribution in [0.5, 0.6) is 5.75 Å². The van der Waals surface area contributed by atoms with Crippen LogP contribution in [-0.2, 0) is 4.74 Å². The Kier molecular flexibility index (Phi) is 4.39. The molecule has 3 nitrogen and oxygen atoms in total. The number of ether oxygens (including phenoxy) is 2. The molecule has 21 heavy (non-hydrogen) atoms. The molecule has 2 aliphatic carbocycles. The van der Waals surface area contributed by atoms with Gasteiger partial charge in [0.05, 0.1) is 18.4 Å². The number of benzene rings is 1. The highest BCUT2D eigenvalue weighted by Gasteiger charge is 2.58. The predicted octanol–water partition coefficient (Wildman–Crippen LogP) is 4.24. The lowest BCUT2D eigenvalue weighted by Gasteiger charge is -2.61. The van der Waals surface area contributed by atoms with E-state index in [-0.39, 0.29) is 0 Å². The van der Waals surface area contributed by atoms with Crippen molar-refractivity contribution in [2.75, 3.05) is 18.5 Å². The number of nitrogens with one attached hydrogen (secondary N) is 1. The average Bonchev–Trinajstić information content (AvgIpc) is 2.43. The van der Waals surface area contributed by atoms with E-state index in [4.69, 9.17) is 9.47 Å². The van der Waals surface area contributed by atoms with Crippen molar-refractivity contribution in [3.8, 4) is 5.75 Å². The first-order chi connectivity index (χ1) is 10.3. The van der Waals surface area contributed by atoms with Gasteiger partial charge in [-0.25, -0.2) is 0 Å². The van der Waals surface area contributed by atoms with Crippen LogP contribution < -0.4 is 10.1 Å². The molecule has 0 bridgehead atoms. The third-order valence-corrected chi connectivity index (χ3v) is 5.12. The maximum atomic E-state index is 5.93. The van der Waals surface area contributed by atoms with Crippen LogP contribution >= 0.6 is 0 Å². The molecular formula is C18H27NO2. The number of hydrogen-bond acceptors (Lipinski definition) is 3. The highest BCUT2D eigenvalue weighted by molar-refractivity contribution is 5.57. The molecule has 1 spiro atoms. The Labute approximate surface area is 128 Å². The van der Waals surface area contributed by atoms with E-state index in [2.05, 4.69) is 37.4 Å². The molecule has 2 aliphatic rings. The smallest absolute Gasteiger partial charge is 0.142 e. The summed E-state index contributed by atoms with van der Waals surface area (Å²) in [4.78, 5) is 0. The van der Waals surface area contributed by atoms with Crippen molar-refractivity contribution < 1.29 is 9.47 Å². The van der Waals surface area contributed by atoms with Crippen LogP contribution in [0, 0.1) is 5.41 Å². The minimum absolute atomic E-state index is 0.383. The second kappa shape index (κ2) is 6.27. The van der Waals surface area contributed by atoms with Crippen molar-refractivity contribution in [1.29, 1.82) is 0 Å².